The molecule has 0 N–H and O–H groups in total. The van der Waals surface area contributed by atoms with Gasteiger partial charge in [-0.1, -0.05) is 12.1 Å². The lowest BCUT2D eigenvalue weighted by molar-refractivity contribution is 0.415. The molecule has 1 aromatic heterocycles. The number of benzene rings is 1. The smallest absolute Gasteiger partial charge is 0.124 e. The van der Waals surface area contributed by atoms with E-state index in [1.54, 1.807) is 18.4 Å². The molecule has 1 heterocycles. The van der Waals surface area contributed by atoms with Crippen LogP contribution in [0.1, 0.15) is 5.69 Å². The fourth-order valence-corrected chi connectivity index (χ4v) is 2.60. The van der Waals surface area contributed by atoms with E-state index in [4.69, 9.17) is 4.74 Å². The normalized spacial score (nSPS) is 10.3. The molecule has 0 aliphatic carbocycles. The van der Waals surface area contributed by atoms with Crippen molar-refractivity contribution in [2.75, 3.05) is 7.11 Å². The number of halogens is 1. The van der Waals surface area contributed by atoms with Gasteiger partial charge in [0.15, 0.2) is 0 Å². The highest BCUT2D eigenvalue weighted by Gasteiger charge is 2.07. The molecule has 0 saturated heterocycles. The number of methoxy groups -OCH3 is 1. The number of nitrogens with zero attached hydrogens (tertiary/aromatic N) is 1. The molecule has 0 atom stereocenters. The van der Waals surface area contributed by atoms with E-state index in [-0.39, 0.29) is 0 Å². The standard InChI is InChI=1S/C11H10BrNOS/c1-7-10(12)15-11(13-7)8-4-3-5-9(6-8)14-2/h3-6H,1-2H3. The molecule has 0 amide bonds. The minimum Gasteiger partial charge on any atom is -0.497 e. The Morgan fingerprint density at radius 3 is 2.80 bits per heavy atom. The summed E-state index contributed by atoms with van der Waals surface area (Å²) < 4.78 is 6.26. The molecule has 1 aromatic carbocycles. The maximum absolute atomic E-state index is 5.18. The van der Waals surface area contributed by atoms with E-state index in [2.05, 4.69) is 20.9 Å². The van der Waals surface area contributed by atoms with Crippen LogP contribution in [0.15, 0.2) is 28.1 Å². The third-order valence-electron chi connectivity index (χ3n) is 2.06. The predicted octanol–water partition coefficient (Wildman–Crippen LogP) is 3.89. The molecule has 0 bridgehead atoms. The lowest BCUT2D eigenvalue weighted by atomic mass is 10.2. The Morgan fingerprint density at radius 1 is 1.40 bits per heavy atom. The Morgan fingerprint density at radius 2 is 2.20 bits per heavy atom. The molecule has 2 nitrogen and oxygen atoms in total. The highest BCUT2D eigenvalue weighted by atomic mass is 79.9. The third-order valence-corrected chi connectivity index (χ3v) is 4.11. The van der Waals surface area contributed by atoms with E-state index in [1.165, 1.54) is 0 Å². The maximum atomic E-state index is 5.18. The molecule has 0 unspecified atom stereocenters. The highest BCUT2D eigenvalue weighted by Crippen LogP contribution is 2.32. The molecule has 78 valence electrons. The van der Waals surface area contributed by atoms with Gasteiger partial charge in [-0.2, -0.15) is 0 Å². The maximum Gasteiger partial charge on any atom is 0.124 e. The number of rotatable bonds is 2. The van der Waals surface area contributed by atoms with E-state index in [0.29, 0.717) is 0 Å². The Bertz CT molecular complexity index is 462. The lowest BCUT2D eigenvalue weighted by Crippen LogP contribution is -1.83. The summed E-state index contributed by atoms with van der Waals surface area (Å²) in [5.74, 6) is 0.858. The van der Waals surface area contributed by atoms with Crippen LogP contribution in [-0.4, -0.2) is 12.1 Å². The van der Waals surface area contributed by atoms with Crippen LogP contribution in [0.2, 0.25) is 0 Å². The summed E-state index contributed by atoms with van der Waals surface area (Å²) in [7, 11) is 1.67. The fraction of sp³-hybridized carbons (Fsp3) is 0.182. The van der Waals surface area contributed by atoms with Crippen molar-refractivity contribution in [3.05, 3.63) is 33.7 Å². The van der Waals surface area contributed by atoms with Gasteiger partial charge in [-0.3, -0.25) is 0 Å². The van der Waals surface area contributed by atoms with Gasteiger partial charge >= 0.3 is 0 Å². The Kier molecular flexibility index (Phi) is 3.07. The Balaban J connectivity index is 2.44. The van der Waals surface area contributed by atoms with Gasteiger partial charge in [0.05, 0.1) is 16.6 Å². The summed E-state index contributed by atoms with van der Waals surface area (Å²) in [6.45, 7) is 1.99. The fourth-order valence-electron chi connectivity index (χ4n) is 1.26. The number of hydrogen-bond acceptors (Lipinski definition) is 3. The Hall–Kier alpha value is -0.870. The number of aryl methyl sites for hydroxylation is 1. The van der Waals surface area contributed by atoms with Crippen LogP contribution in [0.4, 0.5) is 0 Å². The summed E-state index contributed by atoms with van der Waals surface area (Å²) in [4.78, 5) is 4.47. The molecular formula is C11H10BrNOS. The van der Waals surface area contributed by atoms with Gasteiger partial charge in [-0.15, -0.1) is 11.3 Å². The average Bonchev–Trinajstić information content (AvgIpc) is 2.59. The molecular weight excluding hydrogens is 274 g/mol. The van der Waals surface area contributed by atoms with Crippen LogP contribution < -0.4 is 4.74 Å². The van der Waals surface area contributed by atoms with Gasteiger partial charge in [0, 0.05) is 5.56 Å². The first-order valence-corrected chi connectivity index (χ1v) is 6.09. The summed E-state index contributed by atoms with van der Waals surface area (Å²) in [5.41, 5.74) is 2.12. The first kappa shape index (κ1) is 10.6. The summed E-state index contributed by atoms with van der Waals surface area (Å²) in [6, 6.07) is 7.93. The molecule has 0 saturated carbocycles. The van der Waals surface area contributed by atoms with E-state index in [0.717, 1.165) is 25.8 Å². The van der Waals surface area contributed by atoms with Crippen molar-refractivity contribution in [1.82, 2.24) is 4.98 Å². The topological polar surface area (TPSA) is 22.1 Å². The first-order valence-electron chi connectivity index (χ1n) is 4.48. The van der Waals surface area contributed by atoms with Crippen LogP contribution in [0.5, 0.6) is 5.75 Å². The number of aromatic nitrogens is 1. The van der Waals surface area contributed by atoms with Gasteiger partial charge in [0.1, 0.15) is 10.8 Å². The lowest BCUT2D eigenvalue weighted by Gasteiger charge is -2.00. The minimum atomic E-state index is 0.858. The number of thiazole rings is 1. The molecule has 4 heteroatoms. The van der Waals surface area contributed by atoms with E-state index >= 15 is 0 Å². The van der Waals surface area contributed by atoms with Crippen molar-refractivity contribution in [2.24, 2.45) is 0 Å². The molecule has 0 radical (unpaired) electrons. The van der Waals surface area contributed by atoms with Crippen LogP contribution in [0.3, 0.4) is 0 Å². The van der Waals surface area contributed by atoms with E-state index in [1.807, 2.05) is 31.2 Å². The van der Waals surface area contributed by atoms with Gasteiger partial charge in [0.2, 0.25) is 0 Å². The van der Waals surface area contributed by atoms with Gasteiger partial charge in [-0.25, -0.2) is 4.98 Å². The zero-order chi connectivity index (χ0) is 10.8. The molecule has 2 rings (SSSR count). The Labute approximate surface area is 101 Å². The van der Waals surface area contributed by atoms with Crippen molar-refractivity contribution in [3.63, 3.8) is 0 Å². The molecule has 0 aliphatic rings. The largest absolute Gasteiger partial charge is 0.497 e. The highest BCUT2D eigenvalue weighted by molar-refractivity contribution is 9.11. The van der Waals surface area contributed by atoms with Crippen molar-refractivity contribution in [3.8, 4) is 16.3 Å². The zero-order valence-electron chi connectivity index (χ0n) is 8.45. The van der Waals surface area contributed by atoms with Crippen molar-refractivity contribution in [2.45, 2.75) is 6.92 Å². The molecule has 0 aliphatic heterocycles. The second-order valence-electron chi connectivity index (χ2n) is 3.11. The van der Waals surface area contributed by atoms with Crippen molar-refractivity contribution >= 4 is 27.3 Å². The predicted molar refractivity (Wildman–Crippen MR) is 66.5 cm³/mol. The van der Waals surface area contributed by atoms with E-state index < -0.39 is 0 Å². The molecule has 2 aromatic rings. The quantitative estimate of drug-likeness (QED) is 0.834. The van der Waals surface area contributed by atoms with Crippen LogP contribution in [0, 0.1) is 6.92 Å². The first-order chi connectivity index (χ1) is 7.20. The van der Waals surface area contributed by atoms with Gasteiger partial charge in [-0.05, 0) is 35.0 Å². The third kappa shape index (κ3) is 2.21. The summed E-state index contributed by atoms with van der Waals surface area (Å²) in [6.07, 6.45) is 0. The zero-order valence-corrected chi connectivity index (χ0v) is 10.9. The summed E-state index contributed by atoms with van der Waals surface area (Å²) >= 11 is 5.11. The average molecular weight is 284 g/mol. The van der Waals surface area contributed by atoms with E-state index in [9.17, 15) is 0 Å². The molecule has 0 fully saturated rings. The van der Waals surface area contributed by atoms with Gasteiger partial charge < -0.3 is 4.74 Å². The van der Waals surface area contributed by atoms with Crippen molar-refractivity contribution in [1.29, 1.82) is 0 Å². The second kappa shape index (κ2) is 4.33. The molecule has 15 heavy (non-hydrogen) atoms. The monoisotopic (exact) mass is 283 g/mol. The molecule has 0 spiro atoms. The number of ether oxygens (including phenoxy) is 1. The van der Waals surface area contributed by atoms with Gasteiger partial charge in [0.25, 0.3) is 0 Å². The van der Waals surface area contributed by atoms with Crippen LogP contribution >= 0.6 is 27.3 Å². The van der Waals surface area contributed by atoms with Crippen LogP contribution in [0.25, 0.3) is 10.6 Å². The SMILES string of the molecule is COc1cccc(-c2nc(C)c(Br)s2)c1. The minimum absolute atomic E-state index is 0.858. The second-order valence-corrected chi connectivity index (χ2v) is 5.43. The van der Waals surface area contributed by atoms with Crippen LogP contribution in [-0.2, 0) is 0 Å². The van der Waals surface area contributed by atoms with Crippen molar-refractivity contribution < 1.29 is 4.74 Å². The number of hydrogen-bond donors (Lipinski definition) is 0. The summed E-state index contributed by atoms with van der Waals surface area (Å²) in [5, 5.41) is 1.01.